The lowest BCUT2D eigenvalue weighted by Gasteiger charge is -2.18. The van der Waals surface area contributed by atoms with Crippen LogP contribution < -0.4 is 10.6 Å². The first-order valence-electron chi connectivity index (χ1n) is 7.50. The van der Waals surface area contributed by atoms with Gasteiger partial charge in [-0.2, -0.15) is 0 Å². The zero-order valence-corrected chi connectivity index (χ0v) is 14.3. The maximum absolute atomic E-state index is 10.9. The molecule has 0 saturated heterocycles. The Bertz CT molecular complexity index is 715. The number of halogens is 1. The summed E-state index contributed by atoms with van der Waals surface area (Å²) in [6.45, 7) is 4.97. The first-order chi connectivity index (χ1) is 10.5. The van der Waals surface area contributed by atoms with Crippen LogP contribution in [0.1, 0.15) is 30.7 Å². The molecule has 2 aromatic rings. The summed E-state index contributed by atoms with van der Waals surface area (Å²) in [7, 11) is 0. The van der Waals surface area contributed by atoms with Crippen LogP contribution in [0.3, 0.4) is 0 Å². The average molecular weight is 339 g/mol. The topological polar surface area (TPSA) is 66.9 Å². The second kappa shape index (κ2) is 6.38. The largest absolute Gasteiger partial charge is 0.368 e. The zero-order valence-electron chi connectivity index (χ0n) is 12.7. The van der Waals surface area contributed by atoms with Gasteiger partial charge in [0.25, 0.3) is 0 Å². The van der Waals surface area contributed by atoms with E-state index in [1.54, 1.807) is 11.3 Å². The number of rotatable bonds is 4. The zero-order chi connectivity index (χ0) is 15.7. The summed E-state index contributed by atoms with van der Waals surface area (Å²) in [4.78, 5) is 22.0. The van der Waals surface area contributed by atoms with Gasteiger partial charge in [-0.25, -0.2) is 9.97 Å². The number of anilines is 1. The van der Waals surface area contributed by atoms with E-state index in [4.69, 9.17) is 11.6 Å². The number of aromatic nitrogens is 2. The maximum atomic E-state index is 10.9. The van der Waals surface area contributed by atoms with Crippen LogP contribution in [0.25, 0.3) is 10.2 Å². The van der Waals surface area contributed by atoms with Gasteiger partial charge in [-0.1, -0.05) is 6.92 Å². The molecule has 0 aliphatic heterocycles. The first-order valence-corrected chi connectivity index (χ1v) is 8.70. The van der Waals surface area contributed by atoms with E-state index in [1.807, 2.05) is 0 Å². The lowest BCUT2D eigenvalue weighted by atomic mass is 9.89. The standard InChI is InChI=1S/C15H19ClN4OS/c1-8-3-4-10-11(7-8)22-14-12(10)13(19-15(16)20-14)18-6-5-17-9(2)21/h8H,3-7H2,1-2H3,(H,17,21)(H,18,19,20). The van der Waals surface area contributed by atoms with Gasteiger partial charge in [0.2, 0.25) is 11.2 Å². The predicted molar refractivity (Wildman–Crippen MR) is 90.8 cm³/mol. The van der Waals surface area contributed by atoms with Crippen LogP contribution in [0.15, 0.2) is 0 Å². The third-order valence-electron chi connectivity index (χ3n) is 3.92. The summed E-state index contributed by atoms with van der Waals surface area (Å²) in [5.74, 6) is 1.47. The molecule has 0 spiro atoms. The van der Waals surface area contributed by atoms with E-state index in [9.17, 15) is 4.79 Å². The Morgan fingerprint density at radius 1 is 1.41 bits per heavy atom. The maximum Gasteiger partial charge on any atom is 0.225 e. The second-order valence-electron chi connectivity index (χ2n) is 5.78. The highest BCUT2D eigenvalue weighted by atomic mass is 35.5. The lowest BCUT2D eigenvalue weighted by Crippen LogP contribution is -2.26. The Kier molecular flexibility index (Phi) is 4.49. The van der Waals surface area contributed by atoms with Gasteiger partial charge in [0.1, 0.15) is 10.6 Å². The van der Waals surface area contributed by atoms with Crippen molar-refractivity contribution in [2.45, 2.75) is 33.1 Å². The van der Waals surface area contributed by atoms with E-state index in [1.165, 1.54) is 23.8 Å². The molecule has 0 fully saturated rings. The summed E-state index contributed by atoms with van der Waals surface area (Å²) < 4.78 is 0. The van der Waals surface area contributed by atoms with E-state index in [-0.39, 0.29) is 11.2 Å². The van der Waals surface area contributed by atoms with Gasteiger partial charge in [-0.15, -0.1) is 11.3 Å². The minimum atomic E-state index is -0.0328. The number of fused-ring (bicyclic) bond motifs is 3. The van der Waals surface area contributed by atoms with Gasteiger partial charge in [0.05, 0.1) is 5.39 Å². The fourth-order valence-electron chi connectivity index (χ4n) is 2.86. The number of amides is 1. The number of thiophene rings is 1. The highest BCUT2D eigenvalue weighted by Gasteiger charge is 2.23. The van der Waals surface area contributed by atoms with Gasteiger partial charge < -0.3 is 10.6 Å². The average Bonchev–Trinajstić information content (AvgIpc) is 2.79. The van der Waals surface area contributed by atoms with E-state index in [2.05, 4.69) is 27.5 Å². The van der Waals surface area contributed by atoms with Crippen molar-refractivity contribution in [2.75, 3.05) is 18.4 Å². The van der Waals surface area contributed by atoms with Crippen LogP contribution in [0.5, 0.6) is 0 Å². The van der Waals surface area contributed by atoms with Gasteiger partial charge >= 0.3 is 0 Å². The molecule has 22 heavy (non-hydrogen) atoms. The number of carbonyl (C=O) groups excluding carboxylic acids is 1. The molecule has 2 heterocycles. The summed E-state index contributed by atoms with van der Waals surface area (Å²) in [6, 6.07) is 0. The van der Waals surface area contributed by atoms with Crippen LogP contribution in [-0.2, 0) is 17.6 Å². The Hall–Kier alpha value is -1.40. The molecule has 0 saturated carbocycles. The van der Waals surface area contributed by atoms with Crippen molar-refractivity contribution in [3.8, 4) is 0 Å². The monoisotopic (exact) mass is 338 g/mol. The van der Waals surface area contributed by atoms with Crippen LogP contribution >= 0.6 is 22.9 Å². The molecule has 5 nitrogen and oxygen atoms in total. The summed E-state index contributed by atoms with van der Waals surface area (Å²) in [5.41, 5.74) is 1.37. The smallest absolute Gasteiger partial charge is 0.225 e. The molecule has 2 N–H and O–H groups in total. The summed E-state index contributed by atoms with van der Waals surface area (Å²) >= 11 is 7.78. The Morgan fingerprint density at radius 3 is 3.00 bits per heavy atom. The Morgan fingerprint density at radius 2 is 2.23 bits per heavy atom. The van der Waals surface area contributed by atoms with Crippen molar-refractivity contribution >= 4 is 44.9 Å². The van der Waals surface area contributed by atoms with E-state index in [0.29, 0.717) is 13.1 Å². The predicted octanol–water partition coefficient (Wildman–Crippen LogP) is 3.02. The number of hydrogen-bond acceptors (Lipinski definition) is 5. The van der Waals surface area contributed by atoms with Gasteiger partial charge in [0.15, 0.2) is 0 Å². The number of nitrogens with one attached hydrogen (secondary N) is 2. The number of carbonyl (C=O) groups is 1. The van der Waals surface area contributed by atoms with Crippen LogP contribution in [0.4, 0.5) is 5.82 Å². The molecule has 1 unspecified atom stereocenters. The normalized spacial score (nSPS) is 17.3. The number of nitrogens with zero attached hydrogens (tertiary/aromatic N) is 2. The lowest BCUT2D eigenvalue weighted by molar-refractivity contribution is -0.118. The fourth-order valence-corrected chi connectivity index (χ4v) is 4.47. The second-order valence-corrected chi connectivity index (χ2v) is 7.20. The molecular formula is C15H19ClN4OS. The van der Waals surface area contributed by atoms with Crippen molar-refractivity contribution in [3.63, 3.8) is 0 Å². The molecule has 0 radical (unpaired) electrons. The van der Waals surface area contributed by atoms with Gasteiger partial charge in [-0.3, -0.25) is 4.79 Å². The summed E-state index contributed by atoms with van der Waals surface area (Å²) in [5, 5.41) is 7.43. The highest BCUT2D eigenvalue weighted by Crippen LogP contribution is 2.40. The van der Waals surface area contributed by atoms with Crippen molar-refractivity contribution in [3.05, 3.63) is 15.7 Å². The molecule has 0 aromatic carbocycles. The quantitative estimate of drug-likeness (QED) is 0.664. The van der Waals surface area contributed by atoms with Crippen molar-refractivity contribution < 1.29 is 4.79 Å². The Balaban J connectivity index is 1.90. The molecule has 1 aliphatic rings. The molecule has 7 heteroatoms. The minimum absolute atomic E-state index is 0.0328. The first kappa shape index (κ1) is 15.5. The molecule has 2 aromatic heterocycles. The van der Waals surface area contributed by atoms with Gasteiger partial charge in [0, 0.05) is 24.9 Å². The van der Waals surface area contributed by atoms with Crippen molar-refractivity contribution in [2.24, 2.45) is 5.92 Å². The molecule has 1 amide bonds. The third-order valence-corrected chi connectivity index (χ3v) is 5.24. The number of aryl methyl sites for hydroxylation is 1. The van der Waals surface area contributed by atoms with Crippen LogP contribution in [0.2, 0.25) is 5.28 Å². The third kappa shape index (κ3) is 3.17. The fraction of sp³-hybridized carbons (Fsp3) is 0.533. The Labute approximate surface area is 138 Å². The molecule has 1 aliphatic carbocycles. The van der Waals surface area contributed by atoms with Crippen LogP contribution in [0, 0.1) is 5.92 Å². The van der Waals surface area contributed by atoms with Crippen molar-refractivity contribution in [1.82, 2.24) is 15.3 Å². The molecule has 3 rings (SSSR count). The molecule has 0 bridgehead atoms. The summed E-state index contributed by atoms with van der Waals surface area (Å²) in [6.07, 6.45) is 3.38. The van der Waals surface area contributed by atoms with Crippen LogP contribution in [-0.4, -0.2) is 29.0 Å². The molecule has 118 valence electrons. The molecule has 1 atom stereocenters. The van der Waals surface area contributed by atoms with Gasteiger partial charge in [-0.05, 0) is 42.3 Å². The highest BCUT2D eigenvalue weighted by molar-refractivity contribution is 7.19. The number of hydrogen-bond donors (Lipinski definition) is 2. The van der Waals surface area contributed by atoms with E-state index >= 15 is 0 Å². The van der Waals surface area contributed by atoms with Crippen molar-refractivity contribution in [1.29, 1.82) is 0 Å². The van der Waals surface area contributed by atoms with E-state index < -0.39 is 0 Å². The SMILES string of the molecule is CC(=O)NCCNc1nc(Cl)nc2sc3c(c12)CCC(C)C3. The minimum Gasteiger partial charge on any atom is -0.368 e. The van der Waals surface area contributed by atoms with E-state index in [0.717, 1.165) is 34.8 Å². The molecular weight excluding hydrogens is 320 g/mol.